The van der Waals surface area contributed by atoms with E-state index < -0.39 is 0 Å². The molecule has 1 aromatic carbocycles. The van der Waals surface area contributed by atoms with Crippen molar-refractivity contribution in [3.05, 3.63) is 41.1 Å². The summed E-state index contributed by atoms with van der Waals surface area (Å²) >= 11 is 0. The lowest BCUT2D eigenvalue weighted by Crippen LogP contribution is -2.26. The van der Waals surface area contributed by atoms with E-state index in [1.165, 1.54) is 0 Å². The van der Waals surface area contributed by atoms with Crippen molar-refractivity contribution in [3.8, 4) is 11.5 Å². The molecule has 0 aliphatic carbocycles. The van der Waals surface area contributed by atoms with E-state index in [1.807, 2.05) is 32.0 Å². The fourth-order valence-electron chi connectivity index (χ4n) is 2.73. The van der Waals surface area contributed by atoms with Crippen LogP contribution in [0, 0.1) is 6.92 Å². The predicted molar refractivity (Wildman–Crippen MR) is 104 cm³/mol. The lowest BCUT2D eigenvalue weighted by atomic mass is 9.97. The zero-order valence-corrected chi connectivity index (χ0v) is 17.3. The second-order valence-corrected chi connectivity index (χ2v) is 7.68. The summed E-state index contributed by atoms with van der Waals surface area (Å²) < 4.78 is 16.4. The molecule has 0 fully saturated rings. The van der Waals surface area contributed by atoms with Crippen LogP contribution in [0.5, 0.6) is 11.5 Å². The molecule has 2 rings (SSSR count). The van der Waals surface area contributed by atoms with Gasteiger partial charge in [0.25, 0.3) is 0 Å². The minimum Gasteiger partial charge on any atom is -0.493 e. The van der Waals surface area contributed by atoms with Crippen molar-refractivity contribution >= 4 is 5.91 Å². The number of hydrogen-bond donors (Lipinski definition) is 1. The van der Waals surface area contributed by atoms with Crippen molar-refractivity contribution in [2.24, 2.45) is 0 Å². The van der Waals surface area contributed by atoms with Crippen molar-refractivity contribution in [2.45, 2.75) is 58.9 Å². The maximum atomic E-state index is 12.4. The molecular weight excluding hydrogens is 344 g/mol. The van der Waals surface area contributed by atoms with Crippen molar-refractivity contribution in [1.29, 1.82) is 0 Å². The summed E-state index contributed by atoms with van der Waals surface area (Å²) in [4.78, 5) is 16.8. The van der Waals surface area contributed by atoms with Crippen LogP contribution in [0.3, 0.4) is 0 Å². The Morgan fingerprint density at radius 1 is 1.22 bits per heavy atom. The number of hydrogen-bond acceptors (Lipinski definition) is 5. The van der Waals surface area contributed by atoms with Crippen LogP contribution in [0.4, 0.5) is 0 Å². The SMILES string of the molecule is COc1ccc(C(C)NC(=O)CCc2oc(C(C)(C)C)nc2C)cc1OC. The van der Waals surface area contributed by atoms with Gasteiger partial charge in [-0.15, -0.1) is 0 Å². The Hall–Kier alpha value is -2.50. The van der Waals surface area contributed by atoms with Gasteiger partial charge >= 0.3 is 0 Å². The molecule has 1 N–H and O–H groups in total. The number of benzene rings is 1. The zero-order valence-electron chi connectivity index (χ0n) is 17.3. The molecule has 0 radical (unpaired) electrons. The molecule has 1 amide bonds. The summed E-state index contributed by atoms with van der Waals surface area (Å²) in [5, 5.41) is 3.01. The average Bonchev–Trinajstić information content (AvgIpc) is 3.00. The van der Waals surface area contributed by atoms with E-state index in [1.54, 1.807) is 14.2 Å². The summed E-state index contributed by atoms with van der Waals surface area (Å²) in [6, 6.07) is 5.49. The number of carbonyl (C=O) groups is 1. The Morgan fingerprint density at radius 2 is 1.89 bits per heavy atom. The molecule has 6 nitrogen and oxygen atoms in total. The van der Waals surface area contributed by atoms with E-state index in [-0.39, 0.29) is 17.4 Å². The quantitative estimate of drug-likeness (QED) is 0.789. The van der Waals surface area contributed by atoms with Gasteiger partial charge < -0.3 is 19.2 Å². The highest BCUT2D eigenvalue weighted by molar-refractivity contribution is 5.76. The van der Waals surface area contributed by atoms with Gasteiger partial charge in [0.2, 0.25) is 5.91 Å². The van der Waals surface area contributed by atoms with Crippen LogP contribution in [0.1, 0.15) is 63.1 Å². The van der Waals surface area contributed by atoms with Crippen LogP contribution in [0.15, 0.2) is 22.6 Å². The Kier molecular flexibility index (Phi) is 6.52. The fourth-order valence-corrected chi connectivity index (χ4v) is 2.73. The largest absolute Gasteiger partial charge is 0.493 e. The molecule has 0 bridgehead atoms. The normalized spacial score (nSPS) is 12.6. The monoisotopic (exact) mass is 374 g/mol. The first kappa shape index (κ1) is 20.8. The number of amides is 1. The number of aromatic nitrogens is 1. The van der Waals surface area contributed by atoms with E-state index in [4.69, 9.17) is 13.9 Å². The molecule has 0 aliphatic rings. The third-order valence-corrected chi connectivity index (χ3v) is 4.40. The Balaban J connectivity index is 1.97. The molecule has 0 saturated carbocycles. The van der Waals surface area contributed by atoms with E-state index in [0.717, 1.165) is 17.0 Å². The van der Waals surface area contributed by atoms with Crippen LogP contribution in [0.25, 0.3) is 0 Å². The van der Waals surface area contributed by atoms with Crippen LogP contribution >= 0.6 is 0 Å². The maximum absolute atomic E-state index is 12.4. The first-order valence-electron chi connectivity index (χ1n) is 9.13. The van der Waals surface area contributed by atoms with Gasteiger partial charge in [0.05, 0.1) is 26.0 Å². The Labute approximate surface area is 161 Å². The van der Waals surface area contributed by atoms with E-state index >= 15 is 0 Å². The first-order valence-corrected chi connectivity index (χ1v) is 9.13. The van der Waals surface area contributed by atoms with E-state index in [0.29, 0.717) is 30.2 Å². The van der Waals surface area contributed by atoms with E-state index in [9.17, 15) is 4.79 Å². The number of nitrogens with zero attached hydrogens (tertiary/aromatic N) is 1. The summed E-state index contributed by atoms with van der Waals surface area (Å²) in [6.07, 6.45) is 0.872. The summed E-state index contributed by atoms with van der Waals surface area (Å²) in [5.41, 5.74) is 1.65. The third kappa shape index (κ3) is 5.25. The van der Waals surface area contributed by atoms with Gasteiger partial charge in [-0.2, -0.15) is 0 Å². The smallest absolute Gasteiger partial charge is 0.220 e. The molecule has 1 heterocycles. The van der Waals surface area contributed by atoms with Crippen molar-refractivity contribution in [1.82, 2.24) is 10.3 Å². The molecule has 1 aromatic heterocycles. The molecule has 1 atom stereocenters. The highest BCUT2D eigenvalue weighted by Gasteiger charge is 2.22. The highest BCUT2D eigenvalue weighted by atomic mass is 16.5. The van der Waals surface area contributed by atoms with Gasteiger partial charge in [0.1, 0.15) is 5.76 Å². The fraction of sp³-hybridized carbons (Fsp3) is 0.524. The second-order valence-electron chi connectivity index (χ2n) is 7.68. The molecule has 1 unspecified atom stereocenters. The van der Waals surface area contributed by atoms with Gasteiger partial charge in [-0.3, -0.25) is 4.79 Å². The number of oxazole rings is 1. The molecule has 148 valence electrons. The highest BCUT2D eigenvalue weighted by Crippen LogP contribution is 2.30. The summed E-state index contributed by atoms with van der Waals surface area (Å²) in [5.74, 6) is 2.74. The van der Waals surface area contributed by atoms with Gasteiger partial charge in [-0.05, 0) is 31.5 Å². The number of methoxy groups -OCH3 is 2. The zero-order chi connectivity index (χ0) is 20.2. The van der Waals surface area contributed by atoms with Crippen molar-refractivity contribution in [2.75, 3.05) is 14.2 Å². The summed E-state index contributed by atoms with van der Waals surface area (Å²) in [6.45, 7) is 10.0. The number of nitrogens with one attached hydrogen (secondary N) is 1. The average molecular weight is 374 g/mol. The molecule has 6 heteroatoms. The van der Waals surface area contributed by atoms with Crippen molar-refractivity contribution < 1.29 is 18.7 Å². The van der Waals surface area contributed by atoms with Crippen LogP contribution in [0.2, 0.25) is 0 Å². The van der Waals surface area contributed by atoms with E-state index in [2.05, 4.69) is 31.1 Å². The molecule has 2 aromatic rings. The number of ether oxygens (including phenoxy) is 2. The Morgan fingerprint density at radius 3 is 2.44 bits per heavy atom. The first-order chi connectivity index (χ1) is 12.7. The van der Waals surface area contributed by atoms with Gasteiger partial charge in [-0.25, -0.2) is 4.98 Å². The lowest BCUT2D eigenvalue weighted by molar-refractivity contribution is -0.121. The second kappa shape index (κ2) is 8.46. The minimum absolute atomic E-state index is 0.0367. The standard InChI is InChI=1S/C21H30N2O4/c1-13(15-8-9-17(25-6)18(12-15)26-7)22-19(24)11-10-16-14(2)23-20(27-16)21(3,4)5/h8-9,12-13H,10-11H2,1-7H3,(H,22,24). The minimum atomic E-state index is -0.146. The number of carbonyl (C=O) groups excluding carboxylic acids is 1. The Bertz CT molecular complexity index is 790. The maximum Gasteiger partial charge on any atom is 0.220 e. The topological polar surface area (TPSA) is 73.6 Å². The molecule has 0 aliphatic heterocycles. The van der Waals surface area contributed by atoms with Gasteiger partial charge in [0.15, 0.2) is 17.4 Å². The van der Waals surface area contributed by atoms with Crippen LogP contribution in [-0.4, -0.2) is 25.1 Å². The predicted octanol–water partition coefficient (Wildman–Crippen LogP) is 4.11. The lowest BCUT2D eigenvalue weighted by Gasteiger charge is -2.16. The number of aryl methyl sites for hydroxylation is 2. The molecule has 0 saturated heterocycles. The molecule has 0 spiro atoms. The van der Waals surface area contributed by atoms with Gasteiger partial charge in [0, 0.05) is 18.3 Å². The van der Waals surface area contributed by atoms with Crippen molar-refractivity contribution in [3.63, 3.8) is 0 Å². The van der Waals surface area contributed by atoms with Crippen LogP contribution in [-0.2, 0) is 16.6 Å². The molecular formula is C21H30N2O4. The molecule has 27 heavy (non-hydrogen) atoms. The number of rotatable bonds is 7. The summed E-state index contributed by atoms with van der Waals surface area (Å²) in [7, 11) is 3.19. The van der Waals surface area contributed by atoms with Crippen LogP contribution < -0.4 is 14.8 Å². The third-order valence-electron chi connectivity index (χ3n) is 4.40. The van der Waals surface area contributed by atoms with Gasteiger partial charge in [-0.1, -0.05) is 26.8 Å².